The highest BCUT2D eigenvalue weighted by Gasteiger charge is 2.20. The molecule has 1 atom stereocenters. The Morgan fingerprint density at radius 2 is 2.19 bits per heavy atom. The van der Waals surface area contributed by atoms with Crippen molar-refractivity contribution in [1.29, 1.82) is 0 Å². The average molecular weight is 335 g/mol. The van der Waals surface area contributed by atoms with E-state index < -0.39 is 23.9 Å². The highest BCUT2D eigenvalue weighted by atomic mass is 35.5. The second-order valence-corrected chi connectivity index (χ2v) is 5.61. The van der Waals surface area contributed by atoms with E-state index in [1.807, 2.05) is 6.26 Å². The van der Waals surface area contributed by atoms with Gasteiger partial charge in [0.2, 0.25) is 5.91 Å². The van der Waals surface area contributed by atoms with Crippen LogP contribution in [0.25, 0.3) is 0 Å². The van der Waals surface area contributed by atoms with Crippen molar-refractivity contribution in [1.82, 2.24) is 10.6 Å². The van der Waals surface area contributed by atoms with Crippen molar-refractivity contribution in [3.05, 3.63) is 34.6 Å². The SMILES string of the molecule is CSCC[C@H](NC(=O)O)C(=O)NCc1cccc(Cl)c1F. The van der Waals surface area contributed by atoms with E-state index in [-0.39, 0.29) is 17.1 Å². The van der Waals surface area contributed by atoms with Gasteiger partial charge in [-0.1, -0.05) is 23.7 Å². The van der Waals surface area contributed by atoms with Crippen molar-refractivity contribution < 1.29 is 19.1 Å². The minimum atomic E-state index is -1.27. The zero-order chi connectivity index (χ0) is 15.8. The van der Waals surface area contributed by atoms with Gasteiger partial charge >= 0.3 is 6.09 Å². The number of benzene rings is 1. The van der Waals surface area contributed by atoms with Crippen molar-refractivity contribution in [2.45, 2.75) is 19.0 Å². The Balaban J connectivity index is 2.64. The van der Waals surface area contributed by atoms with Crippen LogP contribution in [0.3, 0.4) is 0 Å². The normalized spacial score (nSPS) is 11.8. The van der Waals surface area contributed by atoms with Gasteiger partial charge in [0.15, 0.2) is 0 Å². The Morgan fingerprint density at radius 1 is 1.48 bits per heavy atom. The number of amides is 2. The molecule has 0 aromatic heterocycles. The molecule has 1 aromatic rings. The van der Waals surface area contributed by atoms with Crippen LogP contribution in [-0.4, -0.2) is 35.2 Å². The molecule has 0 fully saturated rings. The molecule has 0 spiro atoms. The van der Waals surface area contributed by atoms with Gasteiger partial charge in [0.05, 0.1) is 5.02 Å². The minimum absolute atomic E-state index is 0.0238. The topological polar surface area (TPSA) is 78.4 Å². The molecule has 0 heterocycles. The predicted octanol–water partition coefficient (Wildman–Crippen LogP) is 2.48. The smallest absolute Gasteiger partial charge is 0.405 e. The lowest BCUT2D eigenvalue weighted by molar-refractivity contribution is -0.123. The van der Waals surface area contributed by atoms with E-state index in [1.165, 1.54) is 23.9 Å². The van der Waals surface area contributed by atoms with Crippen LogP contribution in [0.2, 0.25) is 5.02 Å². The zero-order valence-corrected chi connectivity index (χ0v) is 12.9. The number of hydrogen-bond acceptors (Lipinski definition) is 3. The van der Waals surface area contributed by atoms with Gasteiger partial charge in [-0.15, -0.1) is 0 Å². The quantitative estimate of drug-likeness (QED) is 0.716. The van der Waals surface area contributed by atoms with Crippen LogP contribution in [0.5, 0.6) is 0 Å². The van der Waals surface area contributed by atoms with E-state index in [9.17, 15) is 14.0 Å². The monoisotopic (exact) mass is 334 g/mol. The molecule has 2 amide bonds. The first-order chi connectivity index (χ1) is 9.95. The maximum Gasteiger partial charge on any atom is 0.405 e. The standard InChI is InChI=1S/C13H16ClFN2O3S/c1-21-6-5-10(17-13(19)20)12(18)16-7-8-3-2-4-9(14)11(8)15/h2-4,10,17H,5-7H2,1H3,(H,16,18)(H,19,20)/t10-/m0/s1. The molecular weight excluding hydrogens is 319 g/mol. The Hall–Kier alpha value is -1.47. The maximum absolute atomic E-state index is 13.7. The molecule has 0 radical (unpaired) electrons. The summed E-state index contributed by atoms with van der Waals surface area (Å²) in [5.74, 6) is -0.457. The van der Waals surface area contributed by atoms with Gasteiger partial charge in [-0.05, 0) is 24.5 Å². The molecule has 1 rings (SSSR count). The summed E-state index contributed by atoms with van der Waals surface area (Å²) < 4.78 is 13.7. The van der Waals surface area contributed by atoms with Gasteiger partial charge < -0.3 is 15.7 Å². The van der Waals surface area contributed by atoms with Crippen molar-refractivity contribution in [2.75, 3.05) is 12.0 Å². The van der Waals surface area contributed by atoms with Crippen molar-refractivity contribution in [3.63, 3.8) is 0 Å². The molecule has 21 heavy (non-hydrogen) atoms. The summed E-state index contributed by atoms with van der Waals surface area (Å²) >= 11 is 7.15. The molecule has 0 bridgehead atoms. The molecule has 0 saturated carbocycles. The summed E-state index contributed by atoms with van der Waals surface area (Å²) in [6, 6.07) is 3.63. The van der Waals surface area contributed by atoms with E-state index in [0.717, 1.165) is 0 Å². The van der Waals surface area contributed by atoms with Crippen LogP contribution < -0.4 is 10.6 Å². The van der Waals surface area contributed by atoms with Crippen LogP contribution >= 0.6 is 23.4 Å². The Bertz CT molecular complexity index is 516. The van der Waals surface area contributed by atoms with Gasteiger partial charge in [0, 0.05) is 12.1 Å². The molecule has 116 valence electrons. The highest BCUT2D eigenvalue weighted by molar-refractivity contribution is 7.98. The third kappa shape index (κ3) is 5.81. The number of thioether (sulfide) groups is 1. The highest BCUT2D eigenvalue weighted by Crippen LogP contribution is 2.17. The molecule has 3 N–H and O–H groups in total. The summed E-state index contributed by atoms with van der Waals surface area (Å²) in [5.41, 5.74) is 0.245. The summed E-state index contributed by atoms with van der Waals surface area (Å²) in [5, 5.41) is 13.4. The van der Waals surface area contributed by atoms with E-state index in [1.54, 1.807) is 6.07 Å². The molecule has 0 aliphatic rings. The number of hydrogen-bond donors (Lipinski definition) is 3. The fraction of sp³-hybridized carbons (Fsp3) is 0.385. The van der Waals surface area contributed by atoms with Gasteiger partial charge in [-0.2, -0.15) is 11.8 Å². The maximum atomic E-state index is 13.7. The first kappa shape index (κ1) is 17.6. The molecular formula is C13H16ClFN2O3S. The summed E-state index contributed by atoms with van der Waals surface area (Å²) in [4.78, 5) is 22.6. The average Bonchev–Trinajstić information content (AvgIpc) is 2.44. The first-order valence-corrected chi connectivity index (χ1v) is 7.92. The number of halogens is 2. The fourth-order valence-electron chi connectivity index (χ4n) is 1.64. The van der Waals surface area contributed by atoms with E-state index in [2.05, 4.69) is 10.6 Å². The van der Waals surface area contributed by atoms with Gasteiger partial charge in [-0.3, -0.25) is 4.79 Å². The van der Waals surface area contributed by atoms with Crippen LogP contribution in [0.1, 0.15) is 12.0 Å². The minimum Gasteiger partial charge on any atom is -0.465 e. The Kier molecular flexibility index (Phi) is 7.31. The molecule has 0 unspecified atom stereocenters. The summed E-state index contributed by atoms with van der Waals surface area (Å²) in [6.45, 7) is -0.0533. The predicted molar refractivity (Wildman–Crippen MR) is 81.2 cm³/mol. The lowest BCUT2D eigenvalue weighted by Crippen LogP contribution is -2.46. The number of nitrogens with one attached hydrogen (secondary N) is 2. The third-order valence-corrected chi connectivity index (χ3v) is 3.65. The molecule has 5 nitrogen and oxygen atoms in total. The van der Waals surface area contributed by atoms with E-state index in [4.69, 9.17) is 16.7 Å². The third-order valence-electron chi connectivity index (χ3n) is 2.71. The number of rotatable bonds is 7. The van der Waals surface area contributed by atoms with Gasteiger partial charge in [0.25, 0.3) is 0 Å². The van der Waals surface area contributed by atoms with Crippen LogP contribution in [0.4, 0.5) is 9.18 Å². The second kappa shape index (κ2) is 8.74. The van der Waals surface area contributed by atoms with E-state index in [0.29, 0.717) is 12.2 Å². The molecule has 0 aliphatic heterocycles. The number of carbonyl (C=O) groups excluding carboxylic acids is 1. The van der Waals surface area contributed by atoms with Gasteiger partial charge in [0.1, 0.15) is 11.9 Å². The zero-order valence-electron chi connectivity index (χ0n) is 11.4. The van der Waals surface area contributed by atoms with Crippen molar-refractivity contribution in [3.8, 4) is 0 Å². The number of carbonyl (C=O) groups is 2. The Morgan fingerprint density at radius 3 is 2.81 bits per heavy atom. The second-order valence-electron chi connectivity index (χ2n) is 4.21. The first-order valence-electron chi connectivity index (χ1n) is 6.14. The lowest BCUT2D eigenvalue weighted by Gasteiger charge is -2.16. The largest absolute Gasteiger partial charge is 0.465 e. The molecule has 0 aliphatic carbocycles. The van der Waals surface area contributed by atoms with Crippen LogP contribution in [0.15, 0.2) is 18.2 Å². The van der Waals surface area contributed by atoms with Crippen molar-refractivity contribution in [2.24, 2.45) is 0 Å². The molecule has 1 aromatic carbocycles. The Labute approximate surface area is 131 Å². The number of carboxylic acid groups (broad SMARTS) is 1. The van der Waals surface area contributed by atoms with Crippen LogP contribution in [-0.2, 0) is 11.3 Å². The summed E-state index contributed by atoms with van der Waals surface area (Å²) in [6.07, 6.45) is 0.944. The molecule has 0 saturated heterocycles. The van der Waals surface area contributed by atoms with E-state index >= 15 is 0 Å². The van der Waals surface area contributed by atoms with Gasteiger partial charge in [-0.25, -0.2) is 9.18 Å². The fourth-order valence-corrected chi connectivity index (χ4v) is 2.31. The summed E-state index contributed by atoms with van der Waals surface area (Å²) in [7, 11) is 0. The lowest BCUT2D eigenvalue weighted by atomic mass is 10.2. The van der Waals surface area contributed by atoms with Crippen molar-refractivity contribution >= 4 is 35.4 Å². The van der Waals surface area contributed by atoms with Crippen LogP contribution in [0, 0.1) is 5.82 Å². The molecule has 8 heteroatoms.